The monoisotopic (exact) mass is 374 g/mol. The summed E-state index contributed by atoms with van der Waals surface area (Å²) in [6.07, 6.45) is 4.52. The molecule has 1 aliphatic carbocycles. The molecule has 3 heterocycles. The van der Waals surface area contributed by atoms with Crippen LogP contribution in [-0.2, 0) is 4.74 Å². The van der Waals surface area contributed by atoms with Crippen LogP contribution >= 0.6 is 0 Å². The fraction of sp³-hybridized carbons (Fsp3) is 0.667. The molecular weight excluding hydrogens is 347 g/mol. The van der Waals surface area contributed by atoms with Crippen LogP contribution in [0.2, 0.25) is 0 Å². The van der Waals surface area contributed by atoms with Crippen molar-refractivity contribution >= 4 is 6.03 Å². The first-order chi connectivity index (χ1) is 13.1. The van der Waals surface area contributed by atoms with Crippen LogP contribution in [0.5, 0.6) is 0 Å². The van der Waals surface area contributed by atoms with Crippen molar-refractivity contribution in [2.24, 2.45) is 11.8 Å². The van der Waals surface area contributed by atoms with Gasteiger partial charge in [-0.1, -0.05) is 25.0 Å². The van der Waals surface area contributed by atoms with Crippen molar-refractivity contribution in [1.29, 1.82) is 0 Å². The fourth-order valence-electron chi connectivity index (χ4n) is 5.73. The molecule has 1 saturated carbocycles. The van der Waals surface area contributed by atoms with Crippen LogP contribution in [0.15, 0.2) is 24.3 Å². The van der Waals surface area contributed by atoms with Crippen LogP contribution in [0.25, 0.3) is 0 Å². The average molecular weight is 374 g/mol. The van der Waals surface area contributed by atoms with E-state index in [4.69, 9.17) is 4.74 Å². The van der Waals surface area contributed by atoms with Crippen molar-refractivity contribution in [3.63, 3.8) is 0 Å². The number of carbonyl (C=O) groups excluding carboxylic acids is 1. The van der Waals surface area contributed by atoms with Crippen molar-refractivity contribution in [3.8, 4) is 0 Å². The van der Waals surface area contributed by atoms with Gasteiger partial charge in [-0.2, -0.15) is 0 Å². The van der Waals surface area contributed by atoms with E-state index < -0.39 is 6.10 Å². The van der Waals surface area contributed by atoms with E-state index in [0.717, 1.165) is 24.8 Å². The normalized spacial score (nSPS) is 38.2. The standard InChI is InChI=1S/C21H27FN2O3/c22-13-7-5-12(6-8-13)15-9-18-19(25)16-10-24(11-17(16)20(15)27-18)21(26)23-14-3-1-2-4-14/h5-8,14-20,25H,1-4,9-11H2,(H,23,26)/t15-,16-,17+,18+,19+,20-/m1/s1. The summed E-state index contributed by atoms with van der Waals surface area (Å²) >= 11 is 0. The second-order valence-corrected chi connectivity index (χ2v) is 8.69. The summed E-state index contributed by atoms with van der Waals surface area (Å²) in [6.45, 7) is 1.21. The van der Waals surface area contributed by atoms with Crippen LogP contribution in [0, 0.1) is 17.7 Å². The Hall–Kier alpha value is -1.66. The van der Waals surface area contributed by atoms with Gasteiger partial charge in [-0.3, -0.25) is 0 Å². The van der Waals surface area contributed by atoms with E-state index >= 15 is 0 Å². The molecule has 2 N–H and O–H groups in total. The number of likely N-dealkylation sites (tertiary alicyclic amines) is 1. The molecular formula is C21H27FN2O3. The fourth-order valence-corrected chi connectivity index (χ4v) is 5.73. The summed E-state index contributed by atoms with van der Waals surface area (Å²) in [5, 5.41) is 14.0. The van der Waals surface area contributed by atoms with Crippen molar-refractivity contribution in [2.75, 3.05) is 13.1 Å². The van der Waals surface area contributed by atoms with E-state index in [1.165, 1.54) is 25.0 Å². The van der Waals surface area contributed by atoms with Gasteiger partial charge in [0.1, 0.15) is 5.82 Å². The number of hydrogen-bond acceptors (Lipinski definition) is 3. The van der Waals surface area contributed by atoms with Gasteiger partial charge in [-0.05, 0) is 37.0 Å². The molecule has 5 rings (SSSR count). The van der Waals surface area contributed by atoms with Crippen molar-refractivity contribution in [2.45, 2.75) is 62.4 Å². The van der Waals surface area contributed by atoms with Gasteiger partial charge in [0, 0.05) is 36.9 Å². The quantitative estimate of drug-likeness (QED) is 0.837. The first-order valence-electron chi connectivity index (χ1n) is 10.2. The van der Waals surface area contributed by atoms with Crippen molar-refractivity contribution < 1.29 is 19.0 Å². The molecule has 4 fully saturated rings. The third-order valence-corrected chi connectivity index (χ3v) is 7.14. The smallest absolute Gasteiger partial charge is 0.317 e. The highest BCUT2D eigenvalue weighted by molar-refractivity contribution is 5.75. The third-order valence-electron chi connectivity index (χ3n) is 7.14. The predicted octanol–water partition coefficient (Wildman–Crippen LogP) is 2.64. The van der Waals surface area contributed by atoms with Gasteiger partial charge in [0.25, 0.3) is 0 Å². The summed E-state index contributed by atoms with van der Waals surface area (Å²) in [5.41, 5.74) is 1.06. The number of halogens is 1. The summed E-state index contributed by atoms with van der Waals surface area (Å²) < 4.78 is 19.5. The number of nitrogens with one attached hydrogen (secondary N) is 1. The molecule has 0 radical (unpaired) electrons. The minimum atomic E-state index is -0.541. The largest absolute Gasteiger partial charge is 0.390 e. The van der Waals surface area contributed by atoms with Gasteiger partial charge in [0.15, 0.2) is 0 Å². The number of fused-ring (bicyclic) bond motifs is 4. The molecule has 2 bridgehead atoms. The highest BCUT2D eigenvalue weighted by atomic mass is 19.1. The molecule has 5 nitrogen and oxygen atoms in total. The van der Waals surface area contributed by atoms with E-state index in [9.17, 15) is 14.3 Å². The molecule has 6 heteroatoms. The van der Waals surface area contributed by atoms with Gasteiger partial charge in [0.2, 0.25) is 0 Å². The third kappa shape index (κ3) is 3.03. The molecule has 4 aliphatic rings. The van der Waals surface area contributed by atoms with E-state index in [1.54, 1.807) is 0 Å². The van der Waals surface area contributed by atoms with Crippen LogP contribution in [0.3, 0.4) is 0 Å². The number of ether oxygens (including phenoxy) is 1. The van der Waals surface area contributed by atoms with E-state index in [0.29, 0.717) is 19.1 Å². The van der Waals surface area contributed by atoms with Crippen molar-refractivity contribution in [1.82, 2.24) is 10.2 Å². The molecule has 27 heavy (non-hydrogen) atoms. The molecule has 0 aromatic heterocycles. The van der Waals surface area contributed by atoms with Gasteiger partial charge in [-0.25, -0.2) is 9.18 Å². The van der Waals surface area contributed by atoms with Crippen LogP contribution in [-0.4, -0.2) is 53.5 Å². The van der Waals surface area contributed by atoms with Gasteiger partial charge < -0.3 is 20.1 Å². The molecule has 6 atom stereocenters. The summed E-state index contributed by atoms with van der Waals surface area (Å²) in [7, 11) is 0. The number of benzene rings is 1. The lowest BCUT2D eigenvalue weighted by Crippen LogP contribution is -2.46. The Morgan fingerprint density at radius 2 is 1.85 bits per heavy atom. The molecule has 0 unspecified atom stereocenters. The van der Waals surface area contributed by atoms with Gasteiger partial charge >= 0.3 is 6.03 Å². The summed E-state index contributed by atoms with van der Waals surface area (Å²) in [6, 6.07) is 6.92. The zero-order valence-electron chi connectivity index (χ0n) is 15.4. The zero-order valence-corrected chi connectivity index (χ0v) is 15.4. The number of aliphatic hydroxyl groups is 1. The highest BCUT2D eigenvalue weighted by Crippen LogP contribution is 2.50. The Bertz CT molecular complexity index is 706. The number of amides is 2. The Kier molecular flexibility index (Phi) is 4.36. The molecule has 146 valence electrons. The minimum Gasteiger partial charge on any atom is -0.390 e. The first-order valence-corrected chi connectivity index (χ1v) is 10.2. The predicted molar refractivity (Wildman–Crippen MR) is 97.8 cm³/mol. The Balaban J connectivity index is 1.32. The topological polar surface area (TPSA) is 61.8 Å². The number of rotatable bonds is 2. The lowest BCUT2D eigenvalue weighted by Gasteiger charge is -2.36. The maximum atomic E-state index is 13.3. The second kappa shape index (κ2) is 6.74. The molecule has 1 aromatic carbocycles. The number of carbonyl (C=O) groups is 1. The van der Waals surface area contributed by atoms with Gasteiger partial charge in [-0.15, -0.1) is 0 Å². The van der Waals surface area contributed by atoms with Crippen LogP contribution in [0.1, 0.15) is 43.6 Å². The number of aliphatic hydroxyl groups excluding tert-OH is 1. The van der Waals surface area contributed by atoms with E-state index in [2.05, 4.69) is 5.32 Å². The lowest BCUT2D eigenvalue weighted by atomic mass is 9.81. The molecule has 1 aromatic rings. The maximum Gasteiger partial charge on any atom is 0.317 e. The average Bonchev–Trinajstić information content (AvgIpc) is 3.39. The maximum absolute atomic E-state index is 13.3. The van der Waals surface area contributed by atoms with E-state index in [1.807, 2.05) is 17.0 Å². The molecule has 0 spiro atoms. The zero-order chi connectivity index (χ0) is 18.5. The van der Waals surface area contributed by atoms with E-state index in [-0.39, 0.29) is 41.8 Å². The summed E-state index contributed by atoms with van der Waals surface area (Å²) in [5.74, 6) is 0.101. The Morgan fingerprint density at radius 3 is 2.59 bits per heavy atom. The number of hydrogen-bond donors (Lipinski definition) is 2. The second-order valence-electron chi connectivity index (χ2n) is 8.69. The van der Waals surface area contributed by atoms with Crippen LogP contribution in [0.4, 0.5) is 9.18 Å². The molecule has 3 saturated heterocycles. The first kappa shape index (κ1) is 17.4. The summed E-state index contributed by atoms with van der Waals surface area (Å²) in [4.78, 5) is 14.6. The van der Waals surface area contributed by atoms with Crippen molar-refractivity contribution in [3.05, 3.63) is 35.6 Å². The minimum absolute atomic E-state index is 0.00212. The number of nitrogens with zero attached hydrogens (tertiary/aromatic N) is 1. The highest BCUT2D eigenvalue weighted by Gasteiger charge is 2.57. The SMILES string of the molecule is O=C(NC1CCCC1)N1C[C@H]2[C@H](O)[C@@H]3C[C@H](c4ccc(F)cc4)[C@@H](O3)[C@H]2C1. The van der Waals surface area contributed by atoms with Crippen LogP contribution < -0.4 is 5.32 Å². The van der Waals surface area contributed by atoms with Gasteiger partial charge in [0.05, 0.1) is 18.3 Å². The number of urea groups is 1. The Labute approximate surface area is 158 Å². The lowest BCUT2D eigenvalue weighted by molar-refractivity contribution is -0.126. The Morgan fingerprint density at radius 1 is 1.15 bits per heavy atom. The molecule has 2 amide bonds. The molecule has 3 aliphatic heterocycles.